The van der Waals surface area contributed by atoms with Crippen molar-refractivity contribution in [3.63, 3.8) is 0 Å². The molecule has 0 saturated carbocycles. The maximum absolute atomic E-state index is 13.8. The maximum Gasteiger partial charge on any atom is 0.413 e. The van der Waals surface area contributed by atoms with Gasteiger partial charge in [0.05, 0.1) is 19.3 Å². The molecule has 1 fully saturated rings. The molecule has 1 heterocycles. The van der Waals surface area contributed by atoms with E-state index in [0.29, 0.717) is 0 Å². The molecule has 0 radical (unpaired) electrons. The largest absolute Gasteiger partial charge is 0.461 e. The van der Waals surface area contributed by atoms with Gasteiger partial charge in [-0.3, -0.25) is 4.90 Å². The molecule has 7 heteroatoms. The Hall–Kier alpha value is -1.63. The summed E-state index contributed by atoms with van der Waals surface area (Å²) in [6, 6.07) is -0.741. The van der Waals surface area contributed by atoms with Gasteiger partial charge in [0.2, 0.25) is 5.83 Å². The molecule has 1 atom stereocenters. The quantitative estimate of drug-likeness (QED) is 0.591. The first-order valence-electron chi connectivity index (χ1n) is 7.18. The minimum absolute atomic E-state index is 0.0685. The highest BCUT2D eigenvalue weighted by molar-refractivity contribution is 5.86. The summed E-state index contributed by atoms with van der Waals surface area (Å²) < 4.78 is 29.2. The Balaban J connectivity index is 2.97. The summed E-state index contributed by atoms with van der Waals surface area (Å²) in [4.78, 5) is 25.0. The molecule has 0 aromatic carbocycles. The summed E-state index contributed by atoms with van der Waals surface area (Å²) in [5, 5.41) is 0. The molecular formula is C15H24FNO5. The smallest absolute Gasteiger partial charge is 0.413 e. The zero-order valence-corrected chi connectivity index (χ0v) is 13.9. The van der Waals surface area contributed by atoms with Crippen LogP contribution in [0.4, 0.5) is 9.18 Å². The van der Waals surface area contributed by atoms with E-state index in [-0.39, 0.29) is 13.2 Å². The van der Waals surface area contributed by atoms with E-state index in [1.807, 2.05) is 0 Å². The number of ether oxygens (including phenoxy) is 3. The number of amides is 1. The van der Waals surface area contributed by atoms with Gasteiger partial charge in [0.25, 0.3) is 0 Å². The molecule has 126 valence electrons. The Labute approximate surface area is 130 Å². The fourth-order valence-corrected chi connectivity index (χ4v) is 2.06. The highest BCUT2D eigenvalue weighted by Gasteiger charge is 2.45. The lowest BCUT2D eigenvalue weighted by Gasteiger charge is -2.34. The van der Waals surface area contributed by atoms with Crippen molar-refractivity contribution < 1.29 is 28.2 Å². The molecule has 1 aliphatic heterocycles. The topological polar surface area (TPSA) is 65.1 Å². The Morgan fingerprint density at radius 3 is 2.50 bits per heavy atom. The van der Waals surface area contributed by atoms with Crippen LogP contribution in [0, 0.1) is 0 Å². The van der Waals surface area contributed by atoms with Crippen LogP contribution < -0.4 is 0 Å². The number of hydrogen-bond donors (Lipinski definition) is 0. The highest BCUT2D eigenvalue weighted by Crippen LogP contribution is 2.30. The summed E-state index contributed by atoms with van der Waals surface area (Å²) >= 11 is 0. The lowest BCUT2D eigenvalue weighted by molar-refractivity contribution is -0.140. The Morgan fingerprint density at radius 2 is 2.00 bits per heavy atom. The highest BCUT2D eigenvalue weighted by atomic mass is 19.1. The summed E-state index contributed by atoms with van der Waals surface area (Å²) in [6.07, 6.45) is 0.393. The Kier molecular flexibility index (Phi) is 5.56. The second-order valence-electron chi connectivity index (χ2n) is 6.41. The van der Waals surface area contributed by atoms with E-state index in [1.54, 1.807) is 41.5 Å². The number of esters is 1. The van der Waals surface area contributed by atoms with Crippen LogP contribution in [0.1, 0.15) is 41.5 Å². The number of carbonyl (C=O) groups excluding carboxylic acids is 2. The summed E-state index contributed by atoms with van der Waals surface area (Å²) in [6.45, 7) is 10.3. The molecule has 1 unspecified atom stereocenters. The lowest BCUT2D eigenvalue weighted by Crippen LogP contribution is -2.49. The van der Waals surface area contributed by atoms with Gasteiger partial charge in [0.1, 0.15) is 11.3 Å². The predicted molar refractivity (Wildman–Crippen MR) is 77.7 cm³/mol. The first kappa shape index (κ1) is 18.4. The number of rotatable bonds is 3. The van der Waals surface area contributed by atoms with Gasteiger partial charge in [-0.2, -0.15) is 4.39 Å². The van der Waals surface area contributed by atoms with Crippen LogP contribution in [0.5, 0.6) is 0 Å². The molecular weight excluding hydrogens is 293 g/mol. The maximum atomic E-state index is 13.8. The van der Waals surface area contributed by atoms with Crippen molar-refractivity contribution in [2.24, 2.45) is 0 Å². The van der Waals surface area contributed by atoms with Crippen LogP contribution in [0.2, 0.25) is 0 Å². The third-order valence-corrected chi connectivity index (χ3v) is 2.92. The van der Waals surface area contributed by atoms with Gasteiger partial charge in [-0.05, 0) is 47.6 Å². The zero-order chi connectivity index (χ0) is 17.1. The first-order chi connectivity index (χ1) is 9.98. The molecule has 0 aromatic rings. The van der Waals surface area contributed by atoms with E-state index in [2.05, 4.69) is 4.74 Å². The molecule has 0 aliphatic carbocycles. The second kappa shape index (κ2) is 6.64. The van der Waals surface area contributed by atoms with Gasteiger partial charge in [-0.15, -0.1) is 0 Å². The average molecular weight is 317 g/mol. The minimum Gasteiger partial charge on any atom is -0.461 e. The molecule has 22 heavy (non-hydrogen) atoms. The van der Waals surface area contributed by atoms with E-state index in [4.69, 9.17) is 9.47 Å². The lowest BCUT2D eigenvalue weighted by atomic mass is 10.2. The summed E-state index contributed by atoms with van der Waals surface area (Å²) in [5.74, 6) is -2.11. The van der Waals surface area contributed by atoms with Crippen molar-refractivity contribution >= 4 is 12.1 Å². The van der Waals surface area contributed by atoms with Gasteiger partial charge in [-0.25, -0.2) is 9.59 Å². The first-order valence-corrected chi connectivity index (χ1v) is 7.18. The molecule has 1 aliphatic rings. The van der Waals surface area contributed by atoms with E-state index < -0.39 is 35.3 Å². The molecule has 1 saturated heterocycles. The summed E-state index contributed by atoms with van der Waals surface area (Å²) in [7, 11) is 0. The van der Waals surface area contributed by atoms with Crippen LogP contribution in [0.3, 0.4) is 0 Å². The fourth-order valence-electron chi connectivity index (χ4n) is 2.06. The normalized spacial score (nSPS) is 21.7. The van der Waals surface area contributed by atoms with Crippen molar-refractivity contribution in [3.05, 3.63) is 11.9 Å². The molecule has 6 nitrogen and oxygen atoms in total. The van der Waals surface area contributed by atoms with Crippen LogP contribution >= 0.6 is 0 Å². The number of hydrogen-bond acceptors (Lipinski definition) is 5. The van der Waals surface area contributed by atoms with Crippen LogP contribution in [0.15, 0.2) is 11.9 Å². The third kappa shape index (κ3) is 4.69. The Morgan fingerprint density at radius 1 is 1.41 bits per heavy atom. The number of nitrogens with zero attached hydrogens (tertiary/aromatic N) is 1. The monoisotopic (exact) mass is 317 g/mol. The van der Waals surface area contributed by atoms with E-state index in [1.165, 1.54) is 4.90 Å². The van der Waals surface area contributed by atoms with Crippen LogP contribution in [-0.2, 0) is 19.0 Å². The molecule has 0 spiro atoms. The predicted octanol–water partition coefficient (Wildman–Crippen LogP) is 2.77. The van der Waals surface area contributed by atoms with E-state index >= 15 is 0 Å². The minimum atomic E-state index is -1.06. The van der Waals surface area contributed by atoms with E-state index in [0.717, 1.165) is 6.08 Å². The van der Waals surface area contributed by atoms with Crippen molar-refractivity contribution in [3.8, 4) is 0 Å². The summed E-state index contributed by atoms with van der Waals surface area (Å²) in [5.41, 5.74) is -1.65. The average Bonchev–Trinajstić information content (AvgIpc) is 2.62. The number of halogens is 1. The van der Waals surface area contributed by atoms with Gasteiger partial charge >= 0.3 is 12.1 Å². The van der Waals surface area contributed by atoms with Gasteiger partial charge in [0, 0.05) is 0 Å². The van der Waals surface area contributed by atoms with Crippen molar-refractivity contribution in [1.29, 1.82) is 0 Å². The Bertz CT molecular complexity index is 467. The van der Waals surface area contributed by atoms with Gasteiger partial charge in [-0.1, -0.05) is 0 Å². The van der Waals surface area contributed by atoms with Gasteiger partial charge < -0.3 is 14.2 Å². The van der Waals surface area contributed by atoms with Crippen LogP contribution in [0.25, 0.3) is 0 Å². The van der Waals surface area contributed by atoms with Crippen molar-refractivity contribution in [2.45, 2.75) is 58.9 Å². The fraction of sp³-hybridized carbons (Fsp3) is 0.733. The molecule has 0 bridgehead atoms. The third-order valence-electron chi connectivity index (χ3n) is 2.92. The zero-order valence-electron chi connectivity index (χ0n) is 13.9. The molecule has 0 N–H and O–H groups in total. The van der Waals surface area contributed by atoms with Crippen molar-refractivity contribution in [1.82, 2.24) is 4.90 Å². The SMILES string of the molecule is CCOC(=O)/C(F)=C/C1COC(C)(C)N1C(=O)OC(C)(C)C. The van der Waals surface area contributed by atoms with Crippen molar-refractivity contribution in [2.75, 3.05) is 13.2 Å². The molecule has 0 aromatic heterocycles. The van der Waals surface area contributed by atoms with Gasteiger partial charge in [0.15, 0.2) is 0 Å². The molecule has 1 amide bonds. The second-order valence-corrected chi connectivity index (χ2v) is 6.41. The number of carbonyl (C=O) groups is 2. The standard InChI is InChI=1S/C15H24FNO5/c1-7-20-12(18)11(16)8-10-9-21-15(5,6)17(10)13(19)22-14(2,3)4/h8,10H,7,9H2,1-6H3/b11-8-. The van der Waals surface area contributed by atoms with E-state index in [9.17, 15) is 14.0 Å². The van der Waals surface area contributed by atoms with Crippen LogP contribution in [-0.4, -0.2) is 47.5 Å². The molecule has 1 rings (SSSR count).